The Bertz CT molecular complexity index is 329. The Morgan fingerprint density at radius 3 is 2.92 bits per heavy atom. The van der Waals surface area contributed by atoms with E-state index in [0.29, 0.717) is 17.0 Å². The maximum atomic E-state index is 10.2. The topological polar surface area (TPSA) is 67.3 Å². The highest BCUT2D eigenvalue weighted by Crippen LogP contribution is 2.08. The second-order valence-electron chi connectivity index (χ2n) is 1.90. The van der Waals surface area contributed by atoms with Crippen molar-refractivity contribution in [2.45, 2.75) is 0 Å². The van der Waals surface area contributed by atoms with Crippen molar-refractivity contribution in [2.24, 2.45) is 0 Å². The van der Waals surface area contributed by atoms with Gasteiger partial charge in [-0.25, -0.2) is 9.78 Å². The second kappa shape index (κ2) is 3.77. The summed E-state index contributed by atoms with van der Waals surface area (Å²) in [4.78, 5) is 24.0. The first kappa shape index (κ1) is 8.61. The monoisotopic (exact) mass is 183 g/mol. The van der Waals surface area contributed by atoms with Gasteiger partial charge in [-0.1, -0.05) is 0 Å². The third-order valence-corrected chi connectivity index (χ3v) is 1.83. The van der Waals surface area contributed by atoms with Gasteiger partial charge in [0.15, 0.2) is 11.3 Å². The highest BCUT2D eigenvalue weighted by molar-refractivity contribution is 7.11. The van der Waals surface area contributed by atoms with Crippen molar-refractivity contribution in [1.82, 2.24) is 4.98 Å². The molecule has 0 aliphatic heterocycles. The number of nitrogens with zero attached hydrogens (tertiary/aromatic N) is 1. The second-order valence-corrected chi connectivity index (χ2v) is 2.79. The van der Waals surface area contributed by atoms with Crippen molar-refractivity contribution in [2.75, 3.05) is 0 Å². The van der Waals surface area contributed by atoms with E-state index in [9.17, 15) is 9.59 Å². The van der Waals surface area contributed by atoms with E-state index in [0.717, 1.165) is 6.08 Å². The first-order valence-electron chi connectivity index (χ1n) is 3.04. The van der Waals surface area contributed by atoms with Crippen molar-refractivity contribution in [1.29, 1.82) is 0 Å². The molecule has 0 aliphatic rings. The average Bonchev–Trinajstić information content (AvgIpc) is 2.48. The minimum atomic E-state index is -1.03. The van der Waals surface area contributed by atoms with Gasteiger partial charge in [-0.15, -0.1) is 11.3 Å². The molecule has 0 radical (unpaired) electrons. The molecule has 0 saturated carbocycles. The summed E-state index contributed by atoms with van der Waals surface area (Å²) in [6.07, 6.45) is 2.94. The zero-order valence-electron chi connectivity index (χ0n) is 5.93. The lowest BCUT2D eigenvalue weighted by atomic mass is 10.4. The molecule has 12 heavy (non-hydrogen) atoms. The quantitative estimate of drug-likeness (QED) is 0.561. The van der Waals surface area contributed by atoms with Gasteiger partial charge < -0.3 is 5.11 Å². The SMILES string of the molecule is O=Cc1nc(C=CC(=O)O)cs1. The summed E-state index contributed by atoms with van der Waals surface area (Å²) in [7, 11) is 0. The fraction of sp³-hybridized carbons (Fsp3) is 0. The summed E-state index contributed by atoms with van der Waals surface area (Å²) in [5.74, 6) is -1.03. The lowest BCUT2D eigenvalue weighted by molar-refractivity contribution is -0.131. The van der Waals surface area contributed by atoms with Crippen molar-refractivity contribution >= 4 is 29.7 Å². The van der Waals surface area contributed by atoms with Gasteiger partial charge in [-0.05, 0) is 6.08 Å². The van der Waals surface area contributed by atoms with Crippen LogP contribution in [0.3, 0.4) is 0 Å². The molecule has 0 aromatic carbocycles. The molecule has 62 valence electrons. The minimum absolute atomic E-state index is 0.347. The summed E-state index contributed by atoms with van der Waals surface area (Å²) in [6.45, 7) is 0. The van der Waals surface area contributed by atoms with Gasteiger partial charge in [0.05, 0.1) is 5.69 Å². The van der Waals surface area contributed by atoms with Gasteiger partial charge in [0.1, 0.15) is 0 Å². The number of carboxylic acid groups (broad SMARTS) is 1. The third kappa shape index (κ3) is 2.28. The highest BCUT2D eigenvalue weighted by Gasteiger charge is 1.96. The van der Waals surface area contributed by atoms with Crippen LogP contribution in [-0.2, 0) is 4.79 Å². The maximum absolute atomic E-state index is 10.2. The Kier molecular flexibility index (Phi) is 2.71. The van der Waals surface area contributed by atoms with E-state index in [4.69, 9.17) is 5.11 Å². The Balaban J connectivity index is 2.76. The molecule has 0 atom stereocenters. The average molecular weight is 183 g/mol. The van der Waals surface area contributed by atoms with Gasteiger partial charge in [0.25, 0.3) is 0 Å². The number of carboxylic acids is 1. The van der Waals surface area contributed by atoms with Crippen LogP contribution >= 0.6 is 11.3 Å². The van der Waals surface area contributed by atoms with E-state index in [2.05, 4.69) is 4.98 Å². The Labute approximate surface area is 72.2 Å². The Morgan fingerprint density at radius 2 is 2.42 bits per heavy atom. The van der Waals surface area contributed by atoms with Gasteiger partial charge in [0.2, 0.25) is 0 Å². The number of carbonyl (C=O) groups excluding carboxylic acids is 1. The summed E-state index contributed by atoms with van der Waals surface area (Å²) >= 11 is 1.18. The van der Waals surface area contributed by atoms with Crippen LogP contribution in [0, 0.1) is 0 Å². The van der Waals surface area contributed by atoms with Crippen LogP contribution < -0.4 is 0 Å². The maximum Gasteiger partial charge on any atom is 0.328 e. The molecule has 0 unspecified atom stereocenters. The summed E-state index contributed by atoms with van der Waals surface area (Å²) in [5, 5.41) is 10.2. The molecule has 0 saturated heterocycles. The predicted molar refractivity (Wildman–Crippen MR) is 44.2 cm³/mol. The molecular weight excluding hydrogens is 178 g/mol. The van der Waals surface area contributed by atoms with Crippen molar-refractivity contribution < 1.29 is 14.7 Å². The number of hydrogen-bond acceptors (Lipinski definition) is 4. The van der Waals surface area contributed by atoms with E-state index >= 15 is 0 Å². The van der Waals surface area contributed by atoms with E-state index in [1.54, 1.807) is 5.38 Å². The smallest absolute Gasteiger partial charge is 0.328 e. The Morgan fingerprint density at radius 1 is 1.67 bits per heavy atom. The van der Waals surface area contributed by atoms with Gasteiger partial charge >= 0.3 is 5.97 Å². The Hall–Kier alpha value is -1.49. The first-order valence-corrected chi connectivity index (χ1v) is 3.92. The van der Waals surface area contributed by atoms with Gasteiger partial charge in [0, 0.05) is 11.5 Å². The molecule has 1 aromatic heterocycles. The molecular formula is C7H5NO3S. The zero-order valence-corrected chi connectivity index (χ0v) is 6.75. The van der Waals surface area contributed by atoms with E-state index in [1.807, 2.05) is 0 Å². The number of aldehydes is 1. The molecule has 0 amide bonds. The largest absolute Gasteiger partial charge is 0.478 e. The van der Waals surface area contributed by atoms with E-state index in [-0.39, 0.29) is 0 Å². The summed E-state index contributed by atoms with van der Waals surface area (Å²) < 4.78 is 0. The third-order valence-electron chi connectivity index (χ3n) is 1.04. The number of aromatic nitrogens is 1. The number of thiazole rings is 1. The number of aliphatic carboxylic acids is 1. The molecule has 1 heterocycles. The van der Waals surface area contributed by atoms with Crippen LogP contribution in [0.4, 0.5) is 0 Å². The fourth-order valence-corrected chi connectivity index (χ4v) is 1.17. The molecule has 0 bridgehead atoms. The lowest BCUT2D eigenvalue weighted by Crippen LogP contribution is -1.85. The zero-order chi connectivity index (χ0) is 8.97. The van der Waals surface area contributed by atoms with Gasteiger partial charge in [-0.3, -0.25) is 4.79 Å². The standard InChI is InChI=1S/C7H5NO3S/c9-3-6-8-5(4-12-6)1-2-7(10)11/h1-4H,(H,10,11). The van der Waals surface area contributed by atoms with E-state index < -0.39 is 5.97 Å². The van der Waals surface area contributed by atoms with Crippen LogP contribution in [0.1, 0.15) is 15.5 Å². The van der Waals surface area contributed by atoms with Crippen LogP contribution in [-0.4, -0.2) is 22.3 Å². The highest BCUT2D eigenvalue weighted by atomic mass is 32.1. The lowest BCUT2D eigenvalue weighted by Gasteiger charge is -1.79. The van der Waals surface area contributed by atoms with Crippen LogP contribution in [0.15, 0.2) is 11.5 Å². The van der Waals surface area contributed by atoms with Crippen LogP contribution in [0.2, 0.25) is 0 Å². The van der Waals surface area contributed by atoms with Gasteiger partial charge in [-0.2, -0.15) is 0 Å². The van der Waals surface area contributed by atoms with Crippen LogP contribution in [0.5, 0.6) is 0 Å². The summed E-state index contributed by atoms with van der Waals surface area (Å²) in [5.41, 5.74) is 0.490. The number of carbonyl (C=O) groups is 2. The fourth-order valence-electron chi connectivity index (χ4n) is 0.588. The molecule has 1 N–H and O–H groups in total. The number of rotatable bonds is 3. The molecule has 1 rings (SSSR count). The van der Waals surface area contributed by atoms with E-state index in [1.165, 1.54) is 17.4 Å². The first-order chi connectivity index (χ1) is 5.72. The molecule has 4 nitrogen and oxygen atoms in total. The molecule has 5 heteroatoms. The number of hydrogen-bond donors (Lipinski definition) is 1. The predicted octanol–water partition coefficient (Wildman–Crippen LogP) is 1.05. The van der Waals surface area contributed by atoms with Crippen molar-refractivity contribution in [3.05, 3.63) is 22.2 Å². The minimum Gasteiger partial charge on any atom is -0.478 e. The molecule has 0 spiro atoms. The van der Waals surface area contributed by atoms with Crippen molar-refractivity contribution in [3.63, 3.8) is 0 Å². The van der Waals surface area contributed by atoms with Crippen LogP contribution in [0.25, 0.3) is 6.08 Å². The normalized spacial score (nSPS) is 10.3. The summed E-state index contributed by atoms with van der Waals surface area (Å²) in [6, 6.07) is 0. The molecule has 1 aromatic rings. The molecule has 0 aliphatic carbocycles. The van der Waals surface area contributed by atoms with Crippen molar-refractivity contribution in [3.8, 4) is 0 Å². The molecule has 0 fully saturated rings.